The fourth-order valence-electron chi connectivity index (χ4n) is 0.883. The van der Waals surface area contributed by atoms with Crippen LogP contribution in [0.1, 0.15) is 47.5 Å². The monoisotopic (exact) mass is 183 g/mol. The number of ketones is 1. The average molecular weight is 183 g/mol. The Bertz CT molecular complexity index is 204. The summed E-state index contributed by atoms with van der Waals surface area (Å²) >= 11 is 0. The van der Waals surface area contributed by atoms with Crippen LogP contribution in [-0.2, 0) is 4.79 Å². The molecule has 1 N–H and O–H groups in total. The molecule has 2 nitrogen and oxygen atoms in total. The van der Waals surface area contributed by atoms with Crippen LogP contribution in [0.3, 0.4) is 0 Å². The first-order valence-corrected chi connectivity index (χ1v) is 4.74. The van der Waals surface area contributed by atoms with Crippen molar-refractivity contribution >= 4 is 12.0 Å². The van der Waals surface area contributed by atoms with E-state index in [1.807, 2.05) is 27.7 Å². The van der Waals surface area contributed by atoms with Crippen LogP contribution >= 0.6 is 0 Å². The van der Waals surface area contributed by atoms with Crippen molar-refractivity contribution in [2.75, 3.05) is 0 Å². The van der Waals surface area contributed by atoms with Crippen LogP contribution in [0, 0.1) is 16.2 Å². The van der Waals surface area contributed by atoms with E-state index in [1.54, 1.807) is 6.92 Å². The van der Waals surface area contributed by atoms with Crippen LogP contribution < -0.4 is 0 Å². The van der Waals surface area contributed by atoms with Crippen LogP contribution in [0.5, 0.6) is 0 Å². The molecule has 0 aromatic carbocycles. The zero-order valence-corrected chi connectivity index (χ0v) is 9.40. The van der Waals surface area contributed by atoms with Gasteiger partial charge in [-0.1, -0.05) is 27.7 Å². The molecular formula is C11H21NO. The zero-order chi connectivity index (χ0) is 10.7. The Morgan fingerprint density at radius 3 is 2.00 bits per heavy atom. The minimum absolute atomic E-state index is 0.0767. The van der Waals surface area contributed by atoms with Gasteiger partial charge < -0.3 is 5.41 Å². The van der Waals surface area contributed by atoms with Gasteiger partial charge >= 0.3 is 0 Å². The second-order valence-electron chi connectivity index (χ2n) is 5.07. The van der Waals surface area contributed by atoms with E-state index >= 15 is 0 Å². The lowest BCUT2D eigenvalue weighted by Gasteiger charge is -2.26. The van der Waals surface area contributed by atoms with Gasteiger partial charge in [0.05, 0.1) is 0 Å². The first-order chi connectivity index (χ1) is 5.71. The molecule has 0 aliphatic rings. The summed E-state index contributed by atoms with van der Waals surface area (Å²) in [6, 6.07) is 0. The molecule has 0 heterocycles. The summed E-state index contributed by atoms with van der Waals surface area (Å²) in [5.74, 6) is 0.230. The summed E-state index contributed by atoms with van der Waals surface area (Å²) in [5, 5.41) is 7.21. The molecule has 0 spiro atoms. The summed E-state index contributed by atoms with van der Waals surface area (Å²) in [5.41, 5.74) is -0.312. The van der Waals surface area contributed by atoms with Crippen molar-refractivity contribution < 1.29 is 4.79 Å². The SMILES string of the molecule is CC(=O)C(C)(C)CCC(C)(C)C=N. The highest BCUT2D eigenvalue weighted by atomic mass is 16.1. The highest BCUT2D eigenvalue weighted by molar-refractivity contribution is 5.81. The molecule has 0 atom stereocenters. The summed E-state index contributed by atoms with van der Waals surface area (Å²) in [4.78, 5) is 11.2. The van der Waals surface area contributed by atoms with Crippen LogP contribution in [-0.4, -0.2) is 12.0 Å². The van der Waals surface area contributed by atoms with Crippen molar-refractivity contribution in [3.63, 3.8) is 0 Å². The summed E-state index contributed by atoms with van der Waals surface area (Å²) in [7, 11) is 0. The van der Waals surface area contributed by atoms with Gasteiger partial charge in [-0.2, -0.15) is 0 Å². The molecule has 0 aliphatic heterocycles. The third kappa shape index (κ3) is 4.20. The third-order valence-corrected chi connectivity index (χ3v) is 2.74. The first-order valence-electron chi connectivity index (χ1n) is 4.74. The molecule has 76 valence electrons. The molecule has 0 aromatic heterocycles. The van der Waals surface area contributed by atoms with E-state index in [2.05, 4.69) is 0 Å². The molecule has 0 radical (unpaired) electrons. The van der Waals surface area contributed by atoms with Gasteiger partial charge in [0, 0.05) is 11.6 Å². The molecule has 0 bridgehead atoms. The van der Waals surface area contributed by atoms with Crippen LogP contribution in [0.15, 0.2) is 0 Å². The van der Waals surface area contributed by atoms with Crippen molar-refractivity contribution in [3.05, 3.63) is 0 Å². The van der Waals surface area contributed by atoms with Gasteiger partial charge in [0.1, 0.15) is 5.78 Å². The topological polar surface area (TPSA) is 40.9 Å². The second-order valence-corrected chi connectivity index (χ2v) is 5.07. The molecule has 0 saturated heterocycles. The van der Waals surface area contributed by atoms with Gasteiger partial charge in [0.15, 0.2) is 0 Å². The number of hydrogen-bond acceptors (Lipinski definition) is 2. The van der Waals surface area contributed by atoms with Crippen molar-refractivity contribution in [2.24, 2.45) is 10.8 Å². The van der Waals surface area contributed by atoms with Gasteiger partial charge in [0.2, 0.25) is 0 Å². The summed E-state index contributed by atoms with van der Waals surface area (Å²) in [6.07, 6.45) is 3.21. The fraction of sp³-hybridized carbons (Fsp3) is 0.818. The van der Waals surface area contributed by atoms with E-state index < -0.39 is 0 Å². The van der Waals surface area contributed by atoms with Crippen molar-refractivity contribution in [1.29, 1.82) is 5.41 Å². The average Bonchev–Trinajstić information content (AvgIpc) is 2.01. The van der Waals surface area contributed by atoms with E-state index in [4.69, 9.17) is 5.41 Å². The Hall–Kier alpha value is -0.660. The Labute approximate surface area is 81.2 Å². The predicted octanol–water partition coefficient (Wildman–Crippen LogP) is 3.06. The van der Waals surface area contributed by atoms with E-state index in [9.17, 15) is 4.79 Å². The molecule has 0 amide bonds. The van der Waals surface area contributed by atoms with Gasteiger partial charge in [-0.15, -0.1) is 0 Å². The number of nitrogens with one attached hydrogen (secondary N) is 1. The number of Topliss-reactive ketones (excluding diaryl/α,β-unsaturated/α-hetero) is 1. The maximum absolute atomic E-state index is 11.2. The molecule has 0 fully saturated rings. The maximum atomic E-state index is 11.2. The van der Waals surface area contributed by atoms with Crippen LogP contribution in [0.25, 0.3) is 0 Å². The van der Waals surface area contributed by atoms with Crippen molar-refractivity contribution in [2.45, 2.75) is 47.5 Å². The summed E-state index contributed by atoms with van der Waals surface area (Å²) < 4.78 is 0. The molecule has 0 rings (SSSR count). The van der Waals surface area contributed by atoms with E-state index in [-0.39, 0.29) is 16.6 Å². The van der Waals surface area contributed by atoms with Crippen molar-refractivity contribution in [3.8, 4) is 0 Å². The third-order valence-electron chi connectivity index (χ3n) is 2.74. The van der Waals surface area contributed by atoms with E-state index in [0.29, 0.717) is 0 Å². The zero-order valence-electron chi connectivity index (χ0n) is 9.40. The minimum atomic E-state index is -0.236. The van der Waals surface area contributed by atoms with Gasteiger partial charge in [-0.05, 0) is 25.2 Å². The fourth-order valence-corrected chi connectivity index (χ4v) is 0.883. The largest absolute Gasteiger partial charge is 0.313 e. The maximum Gasteiger partial charge on any atom is 0.135 e. The van der Waals surface area contributed by atoms with Crippen molar-refractivity contribution in [1.82, 2.24) is 0 Å². The van der Waals surface area contributed by atoms with Gasteiger partial charge in [-0.25, -0.2) is 0 Å². The molecule has 0 unspecified atom stereocenters. The first kappa shape index (κ1) is 12.3. The van der Waals surface area contributed by atoms with E-state index in [1.165, 1.54) is 6.21 Å². The number of carbonyl (C=O) groups excluding carboxylic acids is 1. The highest BCUT2D eigenvalue weighted by Crippen LogP contribution is 2.30. The Balaban J connectivity index is 4.17. The number of hydrogen-bond donors (Lipinski definition) is 1. The molecular weight excluding hydrogens is 162 g/mol. The number of rotatable bonds is 5. The molecule has 0 saturated carbocycles. The molecule has 0 aliphatic carbocycles. The van der Waals surface area contributed by atoms with Gasteiger partial charge in [-0.3, -0.25) is 4.79 Å². The van der Waals surface area contributed by atoms with Crippen LogP contribution in [0.2, 0.25) is 0 Å². The van der Waals surface area contributed by atoms with Crippen LogP contribution in [0.4, 0.5) is 0 Å². The van der Waals surface area contributed by atoms with E-state index in [0.717, 1.165) is 12.8 Å². The molecule has 0 aromatic rings. The molecule has 2 heteroatoms. The van der Waals surface area contributed by atoms with Gasteiger partial charge in [0.25, 0.3) is 0 Å². The second kappa shape index (κ2) is 4.03. The lowest BCUT2D eigenvalue weighted by molar-refractivity contribution is -0.125. The summed E-state index contributed by atoms with van der Waals surface area (Å²) in [6.45, 7) is 9.62. The predicted molar refractivity (Wildman–Crippen MR) is 56.3 cm³/mol. The Morgan fingerprint density at radius 1 is 1.23 bits per heavy atom. The lowest BCUT2D eigenvalue weighted by atomic mass is 9.78. The normalized spacial score (nSPS) is 12.7. The molecule has 13 heavy (non-hydrogen) atoms. The highest BCUT2D eigenvalue weighted by Gasteiger charge is 2.26. The quantitative estimate of drug-likeness (QED) is 0.654. The lowest BCUT2D eigenvalue weighted by Crippen LogP contribution is -2.24. The number of carbonyl (C=O) groups is 1. The Kier molecular flexibility index (Phi) is 3.83. The smallest absolute Gasteiger partial charge is 0.135 e. The Morgan fingerprint density at radius 2 is 1.69 bits per heavy atom. The minimum Gasteiger partial charge on any atom is -0.313 e. The standard InChI is InChI=1S/C11H21NO/c1-9(13)11(4,5)7-6-10(2,3)8-12/h8,12H,6-7H2,1-5H3.